The first-order chi connectivity index (χ1) is 10.2. The number of anilines is 1. The monoisotopic (exact) mass is 417 g/mol. The summed E-state index contributed by atoms with van der Waals surface area (Å²) in [5, 5.41) is 6.62. The molecule has 1 saturated heterocycles. The number of nitrogens with one attached hydrogen (secondary N) is 2. The van der Waals surface area contributed by atoms with Gasteiger partial charge in [-0.15, -0.1) is 24.0 Å². The Kier molecular flexibility index (Phi) is 8.52. The van der Waals surface area contributed by atoms with Crippen molar-refractivity contribution in [2.45, 2.75) is 33.2 Å². The lowest BCUT2D eigenvalue weighted by Crippen LogP contribution is -2.38. The lowest BCUT2D eigenvalue weighted by atomic mass is 10.2. The highest BCUT2D eigenvalue weighted by Gasteiger charge is 2.12. The first-order valence-electron chi connectivity index (χ1n) is 7.83. The van der Waals surface area contributed by atoms with Crippen LogP contribution in [-0.2, 0) is 6.54 Å². The van der Waals surface area contributed by atoms with Gasteiger partial charge in [0.1, 0.15) is 5.82 Å². The van der Waals surface area contributed by atoms with Gasteiger partial charge in [-0.05, 0) is 30.4 Å². The first-order valence-corrected chi connectivity index (χ1v) is 7.83. The van der Waals surface area contributed by atoms with E-state index in [2.05, 4.69) is 51.5 Å². The maximum Gasteiger partial charge on any atom is 0.191 e. The van der Waals surface area contributed by atoms with Crippen molar-refractivity contribution in [3.8, 4) is 0 Å². The highest BCUT2D eigenvalue weighted by Crippen LogP contribution is 2.17. The quantitative estimate of drug-likeness (QED) is 0.440. The van der Waals surface area contributed by atoms with Crippen molar-refractivity contribution < 1.29 is 0 Å². The number of nitrogens with zero attached hydrogens (tertiary/aromatic N) is 3. The number of rotatable bonds is 5. The summed E-state index contributed by atoms with van der Waals surface area (Å²) in [7, 11) is 1.80. The van der Waals surface area contributed by atoms with E-state index in [1.165, 1.54) is 18.4 Å². The lowest BCUT2D eigenvalue weighted by molar-refractivity contribution is 0.614. The fraction of sp³-hybridized carbons (Fsp3) is 0.625. The van der Waals surface area contributed by atoms with Crippen molar-refractivity contribution >= 4 is 35.8 Å². The molecule has 1 aliphatic rings. The Bertz CT molecular complexity index is 452. The van der Waals surface area contributed by atoms with Gasteiger partial charge in [0.2, 0.25) is 0 Å². The van der Waals surface area contributed by atoms with Crippen molar-refractivity contribution in [3.63, 3.8) is 0 Å². The van der Waals surface area contributed by atoms with Crippen LogP contribution in [0.1, 0.15) is 32.3 Å². The fourth-order valence-electron chi connectivity index (χ4n) is 2.36. The third kappa shape index (κ3) is 5.98. The number of hydrogen-bond acceptors (Lipinski definition) is 3. The molecular formula is C16H28IN5. The average Bonchev–Trinajstić information content (AvgIpc) is 3.02. The summed E-state index contributed by atoms with van der Waals surface area (Å²) in [5.41, 5.74) is 1.17. The summed E-state index contributed by atoms with van der Waals surface area (Å²) < 4.78 is 0. The van der Waals surface area contributed by atoms with Gasteiger partial charge in [0.15, 0.2) is 5.96 Å². The largest absolute Gasteiger partial charge is 0.357 e. The Balaban J connectivity index is 0.00000242. The smallest absolute Gasteiger partial charge is 0.191 e. The van der Waals surface area contributed by atoms with Gasteiger partial charge < -0.3 is 15.5 Å². The van der Waals surface area contributed by atoms with Crippen LogP contribution in [0.2, 0.25) is 0 Å². The molecule has 2 heterocycles. The summed E-state index contributed by atoms with van der Waals surface area (Å²) >= 11 is 0. The second-order valence-electron chi connectivity index (χ2n) is 5.92. The van der Waals surface area contributed by atoms with Gasteiger partial charge in [-0.25, -0.2) is 4.98 Å². The summed E-state index contributed by atoms with van der Waals surface area (Å²) in [6.45, 7) is 8.30. The highest BCUT2D eigenvalue weighted by molar-refractivity contribution is 14.0. The molecule has 0 aromatic carbocycles. The Morgan fingerprint density at radius 2 is 2.00 bits per heavy atom. The van der Waals surface area contributed by atoms with Crippen molar-refractivity contribution in [2.75, 3.05) is 31.6 Å². The lowest BCUT2D eigenvalue weighted by Gasteiger charge is -2.17. The maximum atomic E-state index is 4.56. The minimum absolute atomic E-state index is 0. The number of pyridine rings is 1. The molecule has 0 aliphatic carbocycles. The number of aliphatic imine (C=N–C) groups is 1. The summed E-state index contributed by atoms with van der Waals surface area (Å²) in [6.07, 6.45) is 4.52. The fourth-order valence-corrected chi connectivity index (χ4v) is 2.36. The standard InChI is InChI=1S/C16H27N5.HI/c1-13(2)10-19-16(17-3)20-12-14-6-7-15(18-11-14)21-8-4-5-9-21;/h6-7,11,13H,4-5,8-10,12H2,1-3H3,(H2,17,19,20);1H. The van der Waals surface area contributed by atoms with E-state index in [4.69, 9.17) is 0 Å². The van der Waals surface area contributed by atoms with Crippen LogP contribution in [0, 0.1) is 5.92 Å². The Hall–Kier alpha value is -1.05. The molecule has 6 heteroatoms. The molecule has 1 fully saturated rings. The molecule has 22 heavy (non-hydrogen) atoms. The zero-order chi connectivity index (χ0) is 15.1. The van der Waals surface area contributed by atoms with Crippen LogP contribution in [0.5, 0.6) is 0 Å². The Labute approximate surface area is 151 Å². The number of guanidine groups is 1. The summed E-state index contributed by atoms with van der Waals surface area (Å²) in [5.74, 6) is 2.54. The SMILES string of the molecule is CN=C(NCc1ccc(N2CCCC2)nc1)NCC(C)C.I. The van der Waals surface area contributed by atoms with Crippen LogP contribution < -0.4 is 15.5 Å². The normalized spacial score (nSPS) is 14.9. The van der Waals surface area contributed by atoms with Crippen molar-refractivity contribution in [1.82, 2.24) is 15.6 Å². The van der Waals surface area contributed by atoms with Crippen LogP contribution in [-0.4, -0.2) is 37.6 Å². The molecule has 124 valence electrons. The predicted molar refractivity (Wildman–Crippen MR) is 104 cm³/mol. The van der Waals surface area contributed by atoms with Crippen LogP contribution in [0.4, 0.5) is 5.82 Å². The first kappa shape index (κ1) is 19.0. The van der Waals surface area contributed by atoms with Gasteiger partial charge in [-0.1, -0.05) is 19.9 Å². The van der Waals surface area contributed by atoms with Gasteiger partial charge in [-0.3, -0.25) is 4.99 Å². The molecule has 2 N–H and O–H groups in total. The summed E-state index contributed by atoms with van der Waals surface area (Å²) in [4.78, 5) is 11.1. The third-order valence-corrected chi connectivity index (χ3v) is 3.60. The molecule has 5 nitrogen and oxygen atoms in total. The van der Waals surface area contributed by atoms with Crippen LogP contribution in [0.3, 0.4) is 0 Å². The molecule has 1 aliphatic heterocycles. The number of halogens is 1. The van der Waals surface area contributed by atoms with E-state index in [1.807, 2.05) is 6.20 Å². The zero-order valence-corrected chi connectivity index (χ0v) is 16.1. The molecule has 2 rings (SSSR count). The van der Waals surface area contributed by atoms with Gasteiger partial charge >= 0.3 is 0 Å². The molecule has 0 atom stereocenters. The van der Waals surface area contributed by atoms with E-state index in [1.54, 1.807) is 7.05 Å². The average molecular weight is 417 g/mol. The van der Waals surface area contributed by atoms with E-state index in [0.29, 0.717) is 5.92 Å². The molecule has 0 radical (unpaired) electrons. The molecule has 1 aromatic rings. The molecular weight excluding hydrogens is 389 g/mol. The van der Waals surface area contributed by atoms with E-state index in [9.17, 15) is 0 Å². The third-order valence-electron chi connectivity index (χ3n) is 3.60. The van der Waals surface area contributed by atoms with Crippen LogP contribution in [0.15, 0.2) is 23.3 Å². The van der Waals surface area contributed by atoms with Gasteiger partial charge in [0.05, 0.1) is 0 Å². The second kappa shape index (κ2) is 9.86. The van der Waals surface area contributed by atoms with Crippen LogP contribution >= 0.6 is 24.0 Å². The number of aromatic nitrogens is 1. The van der Waals surface area contributed by atoms with Gasteiger partial charge in [0.25, 0.3) is 0 Å². The second-order valence-corrected chi connectivity index (χ2v) is 5.92. The maximum absolute atomic E-state index is 4.56. The molecule has 1 aromatic heterocycles. The highest BCUT2D eigenvalue weighted by atomic mass is 127. The van der Waals surface area contributed by atoms with Crippen molar-refractivity contribution in [3.05, 3.63) is 23.9 Å². The van der Waals surface area contributed by atoms with Crippen molar-refractivity contribution in [2.24, 2.45) is 10.9 Å². The Morgan fingerprint density at radius 1 is 1.27 bits per heavy atom. The minimum atomic E-state index is 0. The zero-order valence-electron chi connectivity index (χ0n) is 13.8. The Morgan fingerprint density at radius 3 is 2.55 bits per heavy atom. The summed E-state index contributed by atoms with van der Waals surface area (Å²) in [6, 6.07) is 4.26. The topological polar surface area (TPSA) is 52.6 Å². The minimum Gasteiger partial charge on any atom is -0.357 e. The van der Waals surface area contributed by atoms with Crippen LogP contribution in [0.25, 0.3) is 0 Å². The van der Waals surface area contributed by atoms with E-state index in [0.717, 1.165) is 38.0 Å². The molecule has 0 bridgehead atoms. The van der Waals surface area contributed by atoms with Crippen molar-refractivity contribution in [1.29, 1.82) is 0 Å². The molecule has 0 saturated carbocycles. The molecule has 0 spiro atoms. The van der Waals surface area contributed by atoms with E-state index < -0.39 is 0 Å². The molecule has 0 unspecified atom stereocenters. The number of hydrogen-bond donors (Lipinski definition) is 2. The van der Waals surface area contributed by atoms with E-state index in [-0.39, 0.29) is 24.0 Å². The predicted octanol–water partition coefficient (Wildman–Crippen LogP) is 2.62. The van der Waals surface area contributed by atoms with E-state index >= 15 is 0 Å². The van der Waals surface area contributed by atoms with Gasteiger partial charge in [-0.2, -0.15) is 0 Å². The molecule has 0 amide bonds. The van der Waals surface area contributed by atoms with Gasteiger partial charge in [0, 0.05) is 39.4 Å².